The molecule has 0 aliphatic heterocycles. The quantitative estimate of drug-likeness (QED) is 0.850. The Balaban J connectivity index is 2.14. The zero-order valence-electron chi connectivity index (χ0n) is 11.5. The molecule has 2 rings (SSSR count). The van der Waals surface area contributed by atoms with Crippen LogP contribution < -0.4 is 4.72 Å². The van der Waals surface area contributed by atoms with Gasteiger partial charge in [0.25, 0.3) is 0 Å². The third-order valence-corrected chi connectivity index (χ3v) is 4.60. The molecule has 2 N–H and O–H groups in total. The Hall–Kier alpha value is -1.37. The number of aryl methyl sites for hydroxylation is 1. The van der Waals surface area contributed by atoms with Gasteiger partial charge in [0, 0.05) is 10.2 Å². The van der Waals surface area contributed by atoms with Gasteiger partial charge in [-0.2, -0.15) is 0 Å². The number of hydrogen-bond donors (Lipinski definition) is 2. The minimum absolute atomic E-state index is 0.0530. The molecule has 2 aromatic rings. The molecule has 0 aliphatic rings. The summed E-state index contributed by atoms with van der Waals surface area (Å²) in [6.45, 7) is 1.85. The van der Waals surface area contributed by atoms with Gasteiger partial charge < -0.3 is 5.11 Å². The van der Waals surface area contributed by atoms with Gasteiger partial charge in [0.05, 0.1) is 12.4 Å². The van der Waals surface area contributed by atoms with Crippen LogP contribution in [0.5, 0.6) is 0 Å². The molecule has 0 saturated carbocycles. The van der Waals surface area contributed by atoms with Crippen LogP contribution in [0.4, 0.5) is 5.69 Å². The van der Waals surface area contributed by atoms with Crippen molar-refractivity contribution < 1.29 is 13.5 Å². The molecule has 0 aromatic heterocycles. The molecule has 0 radical (unpaired) electrons. The molecule has 0 heterocycles. The van der Waals surface area contributed by atoms with Crippen LogP contribution in [0.3, 0.4) is 0 Å². The minimum Gasteiger partial charge on any atom is -0.392 e. The number of halogens is 1. The van der Waals surface area contributed by atoms with E-state index in [2.05, 4.69) is 20.7 Å². The van der Waals surface area contributed by atoms with Crippen LogP contribution in [0.15, 0.2) is 46.9 Å². The van der Waals surface area contributed by atoms with Gasteiger partial charge in [-0.3, -0.25) is 4.72 Å². The number of rotatable bonds is 5. The maximum absolute atomic E-state index is 12.2. The van der Waals surface area contributed by atoms with E-state index in [0.29, 0.717) is 11.3 Å². The Bertz CT molecular complexity index is 707. The molecule has 0 spiro atoms. The van der Waals surface area contributed by atoms with Crippen molar-refractivity contribution in [2.45, 2.75) is 19.3 Å². The van der Waals surface area contributed by atoms with Crippen LogP contribution in [-0.4, -0.2) is 13.5 Å². The third kappa shape index (κ3) is 4.84. The van der Waals surface area contributed by atoms with Crippen LogP contribution in [0.25, 0.3) is 0 Å². The average Bonchev–Trinajstić information content (AvgIpc) is 2.37. The SMILES string of the molecule is Cc1cc(Br)cc(NS(=O)(=O)Cc2ccc(CO)cc2)c1. The van der Waals surface area contributed by atoms with Crippen molar-refractivity contribution in [2.24, 2.45) is 0 Å². The normalized spacial score (nSPS) is 11.4. The largest absolute Gasteiger partial charge is 0.392 e. The lowest BCUT2D eigenvalue weighted by Gasteiger charge is -2.10. The number of aliphatic hydroxyl groups is 1. The molecule has 4 nitrogen and oxygen atoms in total. The molecule has 0 atom stereocenters. The smallest absolute Gasteiger partial charge is 0.236 e. The summed E-state index contributed by atoms with van der Waals surface area (Å²) in [5.41, 5.74) is 2.93. The topological polar surface area (TPSA) is 66.4 Å². The van der Waals surface area contributed by atoms with E-state index < -0.39 is 10.0 Å². The van der Waals surface area contributed by atoms with Crippen molar-refractivity contribution in [1.82, 2.24) is 0 Å². The Morgan fingerprint density at radius 2 is 1.71 bits per heavy atom. The minimum atomic E-state index is -3.47. The van der Waals surface area contributed by atoms with Crippen molar-refractivity contribution in [1.29, 1.82) is 0 Å². The van der Waals surface area contributed by atoms with Crippen LogP contribution in [0, 0.1) is 6.92 Å². The van der Waals surface area contributed by atoms with Crippen LogP contribution in [-0.2, 0) is 22.4 Å². The van der Waals surface area contributed by atoms with Crippen LogP contribution in [0.2, 0.25) is 0 Å². The number of nitrogens with one attached hydrogen (secondary N) is 1. The Labute approximate surface area is 133 Å². The zero-order chi connectivity index (χ0) is 15.5. The molecule has 0 bridgehead atoms. The van der Waals surface area contributed by atoms with Gasteiger partial charge in [0.2, 0.25) is 10.0 Å². The van der Waals surface area contributed by atoms with Gasteiger partial charge in [-0.1, -0.05) is 40.2 Å². The van der Waals surface area contributed by atoms with E-state index >= 15 is 0 Å². The number of aliphatic hydroxyl groups excluding tert-OH is 1. The van der Waals surface area contributed by atoms with E-state index in [1.807, 2.05) is 13.0 Å². The van der Waals surface area contributed by atoms with E-state index in [1.54, 1.807) is 36.4 Å². The van der Waals surface area contributed by atoms with Crippen molar-refractivity contribution in [3.63, 3.8) is 0 Å². The summed E-state index contributed by atoms with van der Waals surface area (Å²) in [5, 5.41) is 8.97. The van der Waals surface area contributed by atoms with Gasteiger partial charge in [0.1, 0.15) is 0 Å². The monoisotopic (exact) mass is 369 g/mol. The maximum Gasteiger partial charge on any atom is 0.236 e. The van der Waals surface area contributed by atoms with Crippen molar-refractivity contribution in [2.75, 3.05) is 4.72 Å². The summed E-state index contributed by atoms with van der Waals surface area (Å²) in [6.07, 6.45) is 0. The molecular weight excluding hydrogens is 354 g/mol. The molecule has 0 aliphatic carbocycles. The molecule has 0 unspecified atom stereocenters. The van der Waals surface area contributed by atoms with E-state index in [0.717, 1.165) is 15.6 Å². The highest BCUT2D eigenvalue weighted by molar-refractivity contribution is 9.10. The van der Waals surface area contributed by atoms with Gasteiger partial charge in [-0.15, -0.1) is 0 Å². The first kappa shape index (κ1) is 16.0. The standard InChI is InChI=1S/C15H16BrNO3S/c1-11-6-14(16)8-15(7-11)17-21(19,20)10-13-4-2-12(9-18)3-5-13/h2-8,17-18H,9-10H2,1H3. The number of benzene rings is 2. The van der Waals surface area contributed by atoms with Gasteiger partial charge >= 0.3 is 0 Å². The van der Waals surface area contributed by atoms with E-state index in [1.165, 1.54) is 0 Å². The molecule has 6 heteroatoms. The van der Waals surface area contributed by atoms with Crippen molar-refractivity contribution >= 4 is 31.6 Å². The maximum atomic E-state index is 12.2. The molecule has 0 amide bonds. The molecule has 2 aromatic carbocycles. The number of anilines is 1. The summed E-state index contributed by atoms with van der Waals surface area (Å²) < 4.78 is 27.7. The summed E-state index contributed by atoms with van der Waals surface area (Å²) in [7, 11) is -3.47. The predicted octanol–water partition coefficient (Wildman–Crippen LogP) is 3.19. The lowest BCUT2D eigenvalue weighted by Crippen LogP contribution is -2.15. The van der Waals surface area contributed by atoms with Crippen LogP contribution >= 0.6 is 15.9 Å². The van der Waals surface area contributed by atoms with E-state index in [9.17, 15) is 8.42 Å². The van der Waals surface area contributed by atoms with Gasteiger partial charge in [0.15, 0.2) is 0 Å². The zero-order valence-corrected chi connectivity index (χ0v) is 13.9. The summed E-state index contributed by atoms with van der Waals surface area (Å²) in [5.74, 6) is -0.107. The lowest BCUT2D eigenvalue weighted by atomic mass is 10.2. The average molecular weight is 370 g/mol. The fraction of sp³-hybridized carbons (Fsp3) is 0.200. The fourth-order valence-corrected chi connectivity index (χ4v) is 3.76. The first-order valence-electron chi connectivity index (χ1n) is 6.34. The fourth-order valence-electron chi connectivity index (χ4n) is 1.97. The second kappa shape index (κ2) is 6.60. The second-order valence-corrected chi connectivity index (χ2v) is 7.49. The highest BCUT2D eigenvalue weighted by Crippen LogP contribution is 2.21. The first-order chi connectivity index (χ1) is 9.88. The van der Waals surface area contributed by atoms with Gasteiger partial charge in [-0.25, -0.2) is 8.42 Å². The molecule has 21 heavy (non-hydrogen) atoms. The highest BCUT2D eigenvalue weighted by Gasteiger charge is 2.12. The summed E-state index contributed by atoms with van der Waals surface area (Å²) >= 11 is 3.34. The predicted molar refractivity (Wildman–Crippen MR) is 87.5 cm³/mol. The highest BCUT2D eigenvalue weighted by atomic mass is 79.9. The Kier molecular flexibility index (Phi) is 5.03. The molecule has 0 fully saturated rings. The van der Waals surface area contributed by atoms with E-state index in [-0.39, 0.29) is 12.4 Å². The summed E-state index contributed by atoms with van der Waals surface area (Å²) in [6, 6.07) is 12.2. The van der Waals surface area contributed by atoms with Crippen LogP contribution in [0.1, 0.15) is 16.7 Å². The molecular formula is C15H16BrNO3S. The van der Waals surface area contributed by atoms with Crippen molar-refractivity contribution in [3.05, 3.63) is 63.6 Å². The van der Waals surface area contributed by atoms with Gasteiger partial charge in [-0.05, 0) is 41.8 Å². The third-order valence-electron chi connectivity index (χ3n) is 2.88. The molecule has 112 valence electrons. The second-order valence-electron chi connectivity index (χ2n) is 4.85. The lowest BCUT2D eigenvalue weighted by molar-refractivity contribution is 0.282. The number of hydrogen-bond acceptors (Lipinski definition) is 3. The molecule has 0 saturated heterocycles. The Morgan fingerprint density at radius 3 is 2.29 bits per heavy atom. The first-order valence-corrected chi connectivity index (χ1v) is 8.79. The van der Waals surface area contributed by atoms with E-state index in [4.69, 9.17) is 5.11 Å². The Morgan fingerprint density at radius 1 is 1.10 bits per heavy atom. The summed E-state index contributed by atoms with van der Waals surface area (Å²) in [4.78, 5) is 0. The van der Waals surface area contributed by atoms with Crippen molar-refractivity contribution in [3.8, 4) is 0 Å². The number of sulfonamides is 1.